The number of benzene rings is 2. The van der Waals surface area contributed by atoms with Crippen molar-refractivity contribution in [2.75, 3.05) is 19.6 Å². The number of nitrogens with zero attached hydrogens (tertiary/aromatic N) is 5. The summed E-state index contributed by atoms with van der Waals surface area (Å²) in [6, 6.07) is 18.0. The third-order valence-electron chi connectivity index (χ3n) is 4.30. The van der Waals surface area contributed by atoms with Crippen LogP contribution in [0.2, 0.25) is 0 Å². The van der Waals surface area contributed by atoms with E-state index in [2.05, 4.69) is 27.5 Å². The summed E-state index contributed by atoms with van der Waals surface area (Å²) in [6.07, 6.45) is 0.784. The average molecular weight is 401 g/mol. The molecule has 1 heterocycles. The van der Waals surface area contributed by atoms with Crippen molar-refractivity contribution in [3.8, 4) is 11.4 Å². The zero-order valence-corrected chi connectivity index (χ0v) is 16.7. The van der Waals surface area contributed by atoms with Crippen molar-refractivity contribution in [3.05, 3.63) is 65.7 Å². The van der Waals surface area contributed by atoms with Gasteiger partial charge in [0.25, 0.3) is 0 Å². The van der Waals surface area contributed by atoms with Crippen LogP contribution in [0, 0.1) is 6.92 Å². The summed E-state index contributed by atoms with van der Waals surface area (Å²) in [5.74, 6) is 0.446. The van der Waals surface area contributed by atoms with Crippen molar-refractivity contribution < 1.29 is 4.79 Å². The van der Waals surface area contributed by atoms with Crippen LogP contribution < -0.4 is 5.73 Å². The molecule has 0 unspecified atom stereocenters. The van der Waals surface area contributed by atoms with Gasteiger partial charge in [0.2, 0.25) is 11.7 Å². The van der Waals surface area contributed by atoms with Gasteiger partial charge in [-0.2, -0.15) is 4.80 Å². The third-order valence-corrected chi connectivity index (χ3v) is 4.30. The number of amides is 1. The highest BCUT2D eigenvalue weighted by Crippen LogP contribution is 2.14. The lowest BCUT2D eigenvalue weighted by atomic mass is 10.1. The van der Waals surface area contributed by atoms with E-state index in [1.807, 2.05) is 49.4 Å². The lowest BCUT2D eigenvalue weighted by Crippen LogP contribution is -2.39. The Labute approximate surface area is 170 Å². The first kappa shape index (κ1) is 21.5. The highest BCUT2D eigenvalue weighted by molar-refractivity contribution is 5.85. The normalized spacial score (nSPS) is 10.4. The van der Waals surface area contributed by atoms with Gasteiger partial charge in [-0.3, -0.25) is 4.79 Å². The monoisotopic (exact) mass is 400 g/mol. The molecule has 1 amide bonds. The minimum Gasteiger partial charge on any atom is -0.339 e. The molecule has 8 heteroatoms. The van der Waals surface area contributed by atoms with Crippen LogP contribution in [0.4, 0.5) is 0 Å². The van der Waals surface area contributed by atoms with Crippen LogP contribution in [0.15, 0.2) is 54.6 Å². The molecule has 0 aliphatic carbocycles. The number of nitrogens with two attached hydrogens (primary N) is 1. The molecular formula is C20H25ClN6O. The van der Waals surface area contributed by atoms with Gasteiger partial charge in [-0.15, -0.1) is 22.6 Å². The molecule has 148 valence electrons. The Bertz CT molecular complexity index is 866. The molecule has 0 aliphatic rings. The molecule has 1 aromatic heterocycles. The summed E-state index contributed by atoms with van der Waals surface area (Å²) in [7, 11) is 0. The highest BCUT2D eigenvalue weighted by Gasteiger charge is 2.15. The first-order valence-corrected chi connectivity index (χ1v) is 9.02. The number of rotatable bonds is 8. The van der Waals surface area contributed by atoms with Gasteiger partial charge in [0.1, 0.15) is 6.54 Å². The van der Waals surface area contributed by atoms with Crippen molar-refractivity contribution >= 4 is 18.3 Å². The smallest absolute Gasteiger partial charge is 0.246 e. The summed E-state index contributed by atoms with van der Waals surface area (Å²) in [5.41, 5.74) is 8.91. The summed E-state index contributed by atoms with van der Waals surface area (Å²) in [4.78, 5) is 15.7. The maximum absolute atomic E-state index is 12.7. The number of carbonyl (C=O) groups is 1. The summed E-state index contributed by atoms with van der Waals surface area (Å²) >= 11 is 0. The molecule has 0 atom stereocenters. The van der Waals surface area contributed by atoms with Gasteiger partial charge in [0.05, 0.1) is 0 Å². The Morgan fingerprint density at radius 3 is 2.46 bits per heavy atom. The quantitative estimate of drug-likeness (QED) is 0.625. The van der Waals surface area contributed by atoms with E-state index in [-0.39, 0.29) is 24.9 Å². The summed E-state index contributed by atoms with van der Waals surface area (Å²) in [5, 5.41) is 12.4. The largest absolute Gasteiger partial charge is 0.339 e. The highest BCUT2D eigenvalue weighted by atomic mass is 35.5. The van der Waals surface area contributed by atoms with Gasteiger partial charge in [0, 0.05) is 25.2 Å². The number of hydrogen-bond donors (Lipinski definition) is 1. The van der Waals surface area contributed by atoms with Crippen LogP contribution in [-0.2, 0) is 17.8 Å². The van der Waals surface area contributed by atoms with Crippen LogP contribution >= 0.6 is 12.4 Å². The zero-order chi connectivity index (χ0) is 19.1. The molecule has 0 bridgehead atoms. The Morgan fingerprint density at radius 1 is 1.07 bits per heavy atom. The molecule has 0 spiro atoms. The molecule has 2 N–H and O–H groups in total. The van der Waals surface area contributed by atoms with Crippen molar-refractivity contribution in [1.29, 1.82) is 0 Å². The Morgan fingerprint density at radius 2 is 1.79 bits per heavy atom. The number of aromatic nitrogens is 4. The summed E-state index contributed by atoms with van der Waals surface area (Å²) in [6.45, 7) is 3.60. The number of carbonyl (C=O) groups excluding carboxylic acids is 1. The van der Waals surface area contributed by atoms with Crippen molar-refractivity contribution in [2.24, 2.45) is 5.73 Å². The second-order valence-corrected chi connectivity index (χ2v) is 6.41. The predicted molar refractivity (Wildman–Crippen MR) is 111 cm³/mol. The van der Waals surface area contributed by atoms with Gasteiger partial charge in [-0.05, 0) is 24.1 Å². The number of hydrogen-bond acceptors (Lipinski definition) is 5. The van der Waals surface area contributed by atoms with Gasteiger partial charge < -0.3 is 10.6 Å². The molecule has 0 saturated heterocycles. The molecule has 0 radical (unpaired) electrons. The number of aryl methyl sites for hydroxylation is 1. The van der Waals surface area contributed by atoms with Crippen molar-refractivity contribution in [1.82, 2.24) is 25.1 Å². The van der Waals surface area contributed by atoms with E-state index in [1.54, 1.807) is 4.90 Å². The first-order chi connectivity index (χ1) is 13.2. The predicted octanol–water partition coefficient (Wildman–Crippen LogP) is 2.10. The summed E-state index contributed by atoms with van der Waals surface area (Å²) < 4.78 is 0. The van der Waals surface area contributed by atoms with Crippen LogP contribution in [-0.4, -0.2) is 50.6 Å². The fourth-order valence-corrected chi connectivity index (χ4v) is 2.78. The van der Waals surface area contributed by atoms with E-state index >= 15 is 0 Å². The maximum atomic E-state index is 12.7. The van der Waals surface area contributed by atoms with E-state index in [0.717, 1.165) is 17.5 Å². The van der Waals surface area contributed by atoms with Crippen molar-refractivity contribution in [2.45, 2.75) is 19.9 Å². The van der Waals surface area contributed by atoms with E-state index in [0.29, 0.717) is 25.5 Å². The second kappa shape index (κ2) is 10.5. The molecule has 0 aliphatic heterocycles. The topological polar surface area (TPSA) is 89.9 Å². The molecule has 0 saturated carbocycles. The van der Waals surface area contributed by atoms with Crippen molar-refractivity contribution in [3.63, 3.8) is 0 Å². The minimum atomic E-state index is -0.0655. The Balaban J connectivity index is 0.00000280. The van der Waals surface area contributed by atoms with E-state index < -0.39 is 0 Å². The second-order valence-electron chi connectivity index (χ2n) is 6.41. The van der Waals surface area contributed by atoms with E-state index in [1.165, 1.54) is 10.4 Å². The van der Waals surface area contributed by atoms with Crippen LogP contribution in [0.5, 0.6) is 0 Å². The lowest BCUT2D eigenvalue weighted by Gasteiger charge is -2.21. The van der Waals surface area contributed by atoms with Gasteiger partial charge in [0.15, 0.2) is 0 Å². The molecule has 7 nitrogen and oxygen atoms in total. The van der Waals surface area contributed by atoms with Crippen LogP contribution in [0.1, 0.15) is 11.1 Å². The van der Waals surface area contributed by atoms with E-state index in [9.17, 15) is 4.79 Å². The maximum Gasteiger partial charge on any atom is 0.246 e. The van der Waals surface area contributed by atoms with E-state index in [4.69, 9.17) is 5.73 Å². The fraction of sp³-hybridized carbons (Fsp3) is 0.300. The standard InChI is InChI=1S/C20H24N6O.ClH/c1-16-7-9-18(10-8-16)20-22-24-26(23-20)15-19(27)25(14-12-21)13-11-17-5-3-2-4-6-17;/h2-10H,11-15,21H2,1H3;1H. The molecule has 0 fully saturated rings. The molecule has 3 rings (SSSR count). The Hall–Kier alpha value is -2.77. The molecule has 3 aromatic rings. The lowest BCUT2D eigenvalue weighted by molar-refractivity contribution is -0.132. The SMILES string of the molecule is Cc1ccc(-c2nnn(CC(=O)N(CCN)CCc3ccccc3)n2)cc1.Cl. The number of tetrazole rings is 1. The average Bonchev–Trinajstić information content (AvgIpc) is 3.15. The van der Waals surface area contributed by atoms with Gasteiger partial charge in [-0.1, -0.05) is 60.2 Å². The number of halogens is 1. The van der Waals surface area contributed by atoms with Crippen LogP contribution in [0.3, 0.4) is 0 Å². The van der Waals surface area contributed by atoms with Gasteiger partial charge >= 0.3 is 0 Å². The molecule has 28 heavy (non-hydrogen) atoms. The van der Waals surface area contributed by atoms with Crippen LogP contribution in [0.25, 0.3) is 11.4 Å². The fourth-order valence-electron chi connectivity index (χ4n) is 2.78. The Kier molecular flexibility index (Phi) is 8.10. The minimum absolute atomic E-state index is 0. The van der Waals surface area contributed by atoms with Gasteiger partial charge in [-0.25, -0.2) is 0 Å². The third kappa shape index (κ3) is 5.87. The molecular weight excluding hydrogens is 376 g/mol. The zero-order valence-electron chi connectivity index (χ0n) is 15.9. The molecule has 2 aromatic carbocycles. The first-order valence-electron chi connectivity index (χ1n) is 9.02.